The normalized spacial score (nSPS) is 25.0. The van der Waals surface area contributed by atoms with Gasteiger partial charge >= 0.3 is 11.9 Å². The molecule has 1 saturated heterocycles. The summed E-state index contributed by atoms with van der Waals surface area (Å²) >= 11 is 5.69. The van der Waals surface area contributed by atoms with Crippen molar-refractivity contribution in [3.8, 4) is 0 Å². The van der Waals surface area contributed by atoms with Crippen molar-refractivity contribution in [1.29, 1.82) is 0 Å². The van der Waals surface area contributed by atoms with Crippen molar-refractivity contribution >= 4 is 35.2 Å². The second-order valence-electron chi connectivity index (χ2n) is 11.4. The third kappa shape index (κ3) is 12.6. The molecule has 1 aliphatic carbocycles. The number of halogens is 1. The Balaban J connectivity index is 2.01. The first-order chi connectivity index (χ1) is 22.8. The molecule has 47 heavy (non-hydrogen) atoms. The zero-order valence-electron chi connectivity index (χ0n) is 28.0. The van der Waals surface area contributed by atoms with Crippen LogP contribution in [0, 0.1) is 11.8 Å². The van der Waals surface area contributed by atoms with Crippen molar-refractivity contribution in [2.75, 3.05) is 52.4 Å². The quantitative estimate of drug-likeness (QED) is 0.0641. The molecular weight excluding hydrogens is 632 g/mol. The van der Waals surface area contributed by atoms with Gasteiger partial charge in [-0.1, -0.05) is 24.2 Å². The predicted molar refractivity (Wildman–Crippen MR) is 175 cm³/mol. The van der Waals surface area contributed by atoms with Gasteiger partial charge in [0.05, 0.1) is 11.3 Å². The highest BCUT2D eigenvalue weighted by atomic mass is 35.5. The highest BCUT2D eigenvalue weighted by molar-refractivity contribution is 6.26. The first-order valence-corrected chi connectivity index (χ1v) is 16.9. The van der Waals surface area contributed by atoms with E-state index in [1.165, 1.54) is 0 Å². The SMILES string of the molecule is CCOCOC1=CC(OCOCC)=C2C(=O)OC(C)CC=CC(OC(=O)CCl)CC=CC(=NOCC(=O)N3CCCCC3)CC2C1C. The Labute approximate surface area is 282 Å². The molecule has 2 heterocycles. The second kappa shape index (κ2) is 20.8. The lowest BCUT2D eigenvalue weighted by Gasteiger charge is -2.33. The molecule has 13 heteroatoms. The predicted octanol–water partition coefficient (Wildman–Crippen LogP) is 5.18. The van der Waals surface area contributed by atoms with Gasteiger partial charge in [-0.15, -0.1) is 11.6 Å². The Morgan fingerprint density at radius 1 is 1.02 bits per heavy atom. The van der Waals surface area contributed by atoms with Gasteiger partial charge in [-0.25, -0.2) is 4.79 Å². The standard InChI is InChI=1S/C34H49ClN2O10/c1-5-41-22-43-29-19-30(44-23-42-6-2)33-28(25(29)4)18-26(36-45-21-31(38)37-16-8-7-9-17-37)13-11-15-27(47-32(39)20-35)14-10-12-24(3)46-34(33)40/h10-11,13-14,19,24-25,27-28H,5-9,12,15-18,20-23H2,1-4H3. The Morgan fingerprint density at radius 3 is 2.45 bits per heavy atom. The zero-order chi connectivity index (χ0) is 34.0. The molecule has 1 amide bonds. The highest BCUT2D eigenvalue weighted by Crippen LogP contribution is 2.39. The van der Waals surface area contributed by atoms with Crippen LogP contribution in [-0.4, -0.2) is 93.0 Å². The number of allylic oxidation sites excluding steroid dienone is 3. The summed E-state index contributed by atoms with van der Waals surface area (Å²) in [5, 5.41) is 4.37. The third-order valence-electron chi connectivity index (χ3n) is 7.90. The lowest BCUT2D eigenvalue weighted by molar-refractivity contribution is -0.145. The van der Waals surface area contributed by atoms with Crippen LogP contribution >= 0.6 is 11.6 Å². The third-order valence-corrected chi connectivity index (χ3v) is 8.12. The molecule has 1 fully saturated rings. The molecule has 0 radical (unpaired) electrons. The Morgan fingerprint density at radius 2 is 1.74 bits per heavy atom. The largest absolute Gasteiger partial charge is 0.471 e. The smallest absolute Gasteiger partial charge is 0.338 e. The summed E-state index contributed by atoms with van der Waals surface area (Å²) in [4.78, 5) is 46.1. The van der Waals surface area contributed by atoms with Gasteiger partial charge < -0.3 is 38.2 Å². The Bertz CT molecular complexity index is 1190. The fourth-order valence-corrected chi connectivity index (χ4v) is 5.42. The number of oxime groups is 1. The summed E-state index contributed by atoms with van der Waals surface area (Å²) in [6, 6.07) is 0. The molecule has 3 rings (SSSR count). The number of ether oxygens (including phenoxy) is 6. The molecule has 0 spiro atoms. The molecule has 0 aromatic rings. The number of carbonyl (C=O) groups is 3. The Kier molecular flexibility index (Phi) is 16.9. The molecule has 12 nitrogen and oxygen atoms in total. The van der Waals surface area contributed by atoms with Crippen molar-refractivity contribution in [1.82, 2.24) is 4.90 Å². The van der Waals surface area contributed by atoms with Crippen molar-refractivity contribution in [3.05, 3.63) is 47.5 Å². The van der Waals surface area contributed by atoms with Crippen LogP contribution in [0.3, 0.4) is 0 Å². The molecule has 0 N–H and O–H groups in total. The van der Waals surface area contributed by atoms with E-state index in [0.717, 1.165) is 19.3 Å². The minimum Gasteiger partial charge on any atom is -0.471 e. The molecule has 4 unspecified atom stereocenters. The second-order valence-corrected chi connectivity index (χ2v) is 11.7. The lowest BCUT2D eigenvalue weighted by atomic mass is 9.77. The maximum atomic E-state index is 13.9. The van der Waals surface area contributed by atoms with Crippen molar-refractivity contribution < 1.29 is 47.6 Å². The van der Waals surface area contributed by atoms with E-state index in [9.17, 15) is 14.4 Å². The van der Waals surface area contributed by atoms with E-state index in [4.69, 9.17) is 44.9 Å². The lowest BCUT2D eigenvalue weighted by Crippen LogP contribution is -2.37. The average molecular weight is 681 g/mol. The van der Waals surface area contributed by atoms with E-state index < -0.39 is 30.1 Å². The molecule has 0 bridgehead atoms. The zero-order valence-corrected chi connectivity index (χ0v) is 28.7. The van der Waals surface area contributed by atoms with E-state index in [2.05, 4.69) is 5.16 Å². The fraction of sp³-hybridized carbons (Fsp3) is 0.647. The first-order valence-electron chi connectivity index (χ1n) is 16.4. The van der Waals surface area contributed by atoms with Gasteiger partial charge in [-0.3, -0.25) is 9.59 Å². The highest BCUT2D eigenvalue weighted by Gasteiger charge is 2.38. The van der Waals surface area contributed by atoms with Crippen LogP contribution in [0.15, 0.2) is 52.6 Å². The Hall–Kier alpha value is -3.35. The molecular formula is C34H49ClN2O10. The van der Waals surface area contributed by atoms with Crippen LogP contribution in [0.25, 0.3) is 0 Å². The van der Waals surface area contributed by atoms with Gasteiger partial charge in [0.1, 0.15) is 29.6 Å². The van der Waals surface area contributed by atoms with Crippen LogP contribution in [0.4, 0.5) is 0 Å². The van der Waals surface area contributed by atoms with Gasteiger partial charge in [0, 0.05) is 63.5 Å². The van der Waals surface area contributed by atoms with Gasteiger partial charge in [-0.2, -0.15) is 0 Å². The summed E-state index contributed by atoms with van der Waals surface area (Å²) in [6.07, 6.45) is 11.6. The molecule has 2 aliphatic heterocycles. The number of hydrogen-bond donors (Lipinski definition) is 0. The molecule has 262 valence electrons. The number of cyclic esters (lactones) is 1. The number of carbonyl (C=O) groups excluding carboxylic acids is 3. The summed E-state index contributed by atoms with van der Waals surface area (Å²) in [7, 11) is 0. The van der Waals surface area contributed by atoms with Crippen molar-refractivity contribution in [2.45, 2.75) is 78.4 Å². The van der Waals surface area contributed by atoms with E-state index in [-0.39, 0.29) is 50.1 Å². The number of hydrogen-bond acceptors (Lipinski definition) is 11. The summed E-state index contributed by atoms with van der Waals surface area (Å²) in [6.45, 7) is 9.44. The van der Waals surface area contributed by atoms with E-state index >= 15 is 0 Å². The topological polar surface area (TPSA) is 131 Å². The summed E-state index contributed by atoms with van der Waals surface area (Å²) in [5.74, 6) is -1.56. The van der Waals surface area contributed by atoms with E-state index in [1.807, 2.05) is 26.8 Å². The maximum absolute atomic E-state index is 13.9. The molecule has 0 saturated carbocycles. The number of rotatable bonds is 13. The minimum atomic E-state index is -0.602. The number of esters is 2. The van der Waals surface area contributed by atoms with Crippen molar-refractivity contribution in [3.63, 3.8) is 0 Å². The first kappa shape index (κ1) is 38.1. The summed E-state index contributed by atoms with van der Waals surface area (Å²) in [5.41, 5.74) is 0.763. The van der Waals surface area contributed by atoms with Crippen LogP contribution in [0.1, 0.15) is 66.2 Å². The van der Waals surface area contributed by atoms with Crippen molar-refractivity contribution in [2.24, 2.45) is 17.0 Å². The van der Waals surface area contributed by atoms with Gasteiger partial charge in [0.15, 0.2) is 20.2 Å². The summed E-state index contributed by atoms with van der Waals surface area (Å²) < 4.78 is 34.2. The fourth-order valence-electron chi connectivity index (χ4n) is 5.36. The van der Waals surface area contributed by atoms with Crippen LogP contribution in [0.2, 0.25) is 0 Å². The average Bonchev–Trinajstić information content (AvgIpc) is 3.06. The van der Waals surface area contributed by atoms with Gasteiger partial charge in [0.25, 0.3) is 5.91 Å². The molecule has 0 aromatic carbocycles. The number of amides is 1. The van der Waals surface area contributed by atoms with Crippen LogP contribution < -0.4 is 0 Å². The minimum absolute atomic E-state index is 0.0201. The maximum Gasteiger partial charge on any atom is 0.338 e. The number of likely N-dealkylation sites (tertiary alicyclic amines) is 1. The monoisotopic (exact) mass is 680 g/mol. The van der Waals surface area contributed by atoms with E-state index in [1.54, 1.807) is 36.1 Å². The van der Waals surface area contributed by atoms with Gasteiger partial charge in [0.2, 0.25) is 0 Å². The van der Waals surface area contributed by atoms with Crippen LogP contribution in [0.5, 0.6) is 0 Å². The molecule has 0 aromatic heterocycles. The van der Waals surface area contributed by atoms with Crippen LogP contribution in [-0.2, 0) is 47.6 Å². The van der Waals surface area contributed by atoms with Gasteiger partial charge in [-0.05, 0) is 52.2 Å². The molecule has 4 atom stereocenters. The number of nitrogens with zero attached hydrogens (tertiary/aromatic N) is 2. The number of fused-ring (bicyclic) bond motifs is 1. The number of piperidine rings is 1. The van der Waals surface area contributed by atoms with E-state index in [0.29, 0.717) is 56.2 Å². The number of alkyl halides is 1. The molecule has 3 aliphatic rings.